The second-order valence-corrected chi connectivity index (χ2v) is 4.46. The Labute approximate surface area is 115 Å². The summed E-state index contributed by atoms with van der Waals surface area (Å²) in [6.07, 6.45) is 1.14. The van der Waals surface area contributed by atoms with Gasteiger partial charge in [0.25, 0.3) is 5.56 Å². The molecule has 20 heavy (non-hydrogen) atoms. The zero-order valence-corrected chi connectivity index (χ0v) is 10.7. The van der Waals surface area contributed by atoms with Crippen molar-refractivity contribution in [2.75, 3.05) is 0 Å². The van der Waals surface area contributed by atoms with Crippen molar-refractivity contribution in [3.05, 3.63) is 64.4 Å². The van der Waals surface area contributed by atoms with Gasteiger partial charge in [-0.1, -0.05) is 36.4 Å². The monoisotopic (exact) mass is 264 g/mol. The lowest BCUT2D eigenvalue weighted by molar-refractivity contribution is -0.107. The van der Waals surface area contributed by atoms with Crippen molar-refractivity contribution in [1.29, 1.82) is 0 Å². The lowest BCUT2D eigenvalue weighted by atomic mass is 10.0. The number of aromatic nitrogens is 2. The number of rotatable bonds is 3. The van der Waals surface area contributed by atoms with E-state index in [1.165, 1.54) is 0 Å². The first-order valence-corrected chi connectivity index (χ1v) is 6.30. The number of para-hydroxylation sites is 1. The molecular weight excluding hydrogens is 252 g/mol. The molecule has 1 aromatic heterocycles. The molecule has 0 aliphatic rings. The minimum atomic E-state index is -0.175. The third-order valence-electron chi connectivity index (χ3n) is 3.19. The quantitative estimate of drug-likeness (QED) is 0.738. The van der Waals surface area contributed by atoms with Crippen LogP contribution in [0.3, 0.4) is 0 Å². The molecule has 0 saturated heterocycles. The van der Waals surface area contributed by atoms with Crippen molar-refractivity contribution >= 4 is 17.2 Å². The predicted molar refractivity (Wildman–Crippen MR) is 77.6 cm³/mol. The highest BCUT2D eigenvalue weighted by Crippen LogP contribution is 2.20. The molecule has 3 aromatic rings. The fraction of sp³-hybridized carbons (Fsp3) is 0.0625. The fourth-order valence-electron chi connectivity index (χ4n) is 2.23. The second kappa shape index (κ2) is 5.09. The normalized spacial score (nSPS) is 10.6. The summed E-state index contributed by atoms with van der Waals surface area (Å²) in [4.78, 5) is 30.1. The maximum Gasteiger partial charge on any atom is 0.259 e. The number of aromatic amines is 1. The van der Waals surface area contributed by atoms with E-state index in [1.54, 1.807) is 18.2 Å². The van der Waals surface area contributed by atoms with E-state index in [-0.39, 0.29) is 5.56 Å². The van der Waals surface area contributed by atoms with Crippen molar-refractivity contribution in [2.24, 2.45) is 0 Å². The molecule has 0 saturated carbocycles. The zero-order valence-electron chi connectivity index (χ0n) is 10.7. The Morgan fingerprint density at radius 3 is 2.65 bits per heavy atom. The maximum absolute atomic E-state index is 12.1. The summed E-state index contributed by atoms with van der Waals surface area (Å²) >= 11 is 0. The summed E-state index contributed by atoms with van der Waals surface area (Å²) in [5.74, 6) is 0.492. The van der Waals surface area contributed by atoms with Crippen LogP contribution in [0.15, 0.2) is 53.3 Å². The smallest absolute Gasteiger partial charge is 0.259 e. The van der Waals surface area contributed by atoms with Crippen LogP contribution in [-0.4, -0.2) is 16.3 Å². The molecule has 0 radical (unpaired) electrons. The number of nitrogens with zero attached hydrogens (tertiary/aromatic N) is 1. The third-order valence-corrected chi connectivity index (χ3v) is 3.19. The number of hydrogen-bond acceptors (Lipinski definition) is 3. The summed E-state index contributed by atoms with van der Waals surface area (Å²) in [6, 6.07) is 14.6. The van der Waals surface area contributed by atoms with Crippen LogP contribution in [0.1, 0.15) is 5.56 Å². The van der Waals surface area contributed by atoms with Crippen LogP contribution in [0.25, 0.3) is 22.3 Å². The molecule has 0 unspecified atom stereocenters. The van der Waals surface area contributed by atoms with Crippen LogP contribution < -0.4 is 5.56 Å². The highest BCUT2D eigenvalue weighted by atomic mass is 16.1. The van der Waals surface area contributed by atoms with Crippen LogP contribution in [-0.2, 0) is 11.2 Å². The van der Waals surface area contributed by atoms with Crippen LogP contribution in [0.5, 0.6) is 0 Å². The van der Waals surface area contributed by atoms with Gasteiger partial charge in [-0.2, -0.15) is 0 Å². The number of nitrogens with one attached hydrogen (secondary N) is 1. The van der Waals surface area contributed by atoms with Gasteiger partial charge in [0.05, 0.1) is 10.9 Å². The summed E-state index contributed by atoms with van der Waals surface area (Å²) in [5.41, 5.74) is 2.10. The van der Waals surface area contributed by atoms with Gasteiger partial charge in [0, 0.05) is 12.0 Å². The first-order valence-electron chi connectivity index (χ1n) is 6.30. The van der Waals surface area contributed by atoms with Crippen molar-refractivity contribution in [2.45, 2.75) is 6.42 Å². The van der Waals surface area contributed by atoms with Gasteiger partial charge in [0.15, 0.2) is 0 Å². The van der Waals surface area contributed by atoms with Gasteiger partial charge in [-0.3, -0.25) is 4.79 Å². The molecular formula is C16H12N2O2. The molecule has 0 atom stereocenters. The molecule has 4 nitrogen and oxygen atoms in total. The van der Waals surface area contributed by atoms with E-state index in [0.29, 0.717) is 23.1 Å². The number of hydrogen-bond donors (Lipinski definition) is 1. The van der Waals surface area contributed by atoms with E-state index < -0.39 is 0 Å². The van der Waals surface area contributed by atoms with Crippen molar-refractivity contribution in [3.8, 4) is 11.4 Å². The standard InChI is InChI=1S/C16H12N2O2/c19-10-9-11-5-1-2-6-12(11)15-17-14-8-4-3-7-13(14)16(20)18-15/h1-8,10H,9H2,(H,17,18,20). The van der Waals surface area contributed by atoms with Gasteiger partial charge in [-0.25, -0.2) is 4.98 Å². The Morgan fingerprint density at radius 2 is 1.80 bits per heavy atom. The summed E-state index contributed by atoms with van der Waals surface area (Å²) in [7, 11) is 0. The molecule has 1 N–H and O–H groups in total. The highest BCUT2D eigenvalue weighted by Gasteiger charge is 2.09. The molecule has 4 heteroatoms. The SMILES string of the molecule is O=CCc1ccccc1-c1nc2ccccc2c(=O)[nH]1. The molecule has 0 aliphatic carbocycles. The fourth-order valence-corrected chi connectivity index (χ4v) is 2.23. The second-order valence-electron chi connectivity index (χ2n) is 4.46. The highest BCUT2D eigenvalue weighted by molar-refractivity contribution is 5.80. The number of benzene rings is 2. The molecule has 0 fully saturated rings. The molecule has 2 aromatic carbocycles. The van der Waals surface area contributed by atoms with Crippen molar-refractivity contribution in [1.82, 2.24) is 9.97 Å². The van der Waals surface area contributed by atoms with Gasteiger partial charge in [0.1, 0.15) is 12.1 Å². The van der Waals surface area contributed by atoms with Gasteiger partial charge in [0.2, 0.25) is 0 Å². The summed E-state index contributed by atoms with van der Waals surface area (Å²) in [6.45, 7) is 0. The number of H-pyrrole nitrogens is 1. The molecule has 98 valence electrons. The van der Waals surface area contributed by atoms with Gasteiger partial charge >= 0.3 is 0 Å². The lowest BCUT2D eigenvalue weighted by Crippen LogP contribution is -2.10. The lowest BCUT2D eigenvalue weighted by Gasteiger charge is -2.07. The van der Waals surface area contributed by atoms with E-state index in [2.05, 4.69) is 9.97 Å². The van der Waals surface area contributed by atoms with Crippen molar-refractivity contribution in [3.63, 3.8) is 0 Å². The Morgan fingerprint density at radius 1 is 1.05 bits per heavy atom. The van der Waals surface area contributed by atoms with Gasteiger partial charge in [-0.05, 0) is 17.7 Å². The summed E-state index contributed by atoms with van der Waals surface area (Å²) < 4.78 is 0. The Bertz CT molecular complexity index is 837. The zero-order chi connectivity index (χ0) is 13.9. The Balaban J connectivity index is 2.25. The van der Waals surface area contributed by atoms with Crippen LogP contribution >= 0.6 is 0 Å². The third kappa shape index (κ3) is 2.12. The number of carbonyl (C=O) groups is 1. The van der Waals surface area contributed by atoms with Crippen LogP contribution in [0, 0.1) is 0 Å². The molecule has 0 amide bonds. The van der Waals surface area contributed by atoms with Crippen LogP contribution in [0.4, 0.5) is 0 Å². The minimum Gasteiger partial charge on any atom is -0.306 e. The van der Waals surface area contributed by atoms with E-state index in [1.807, 2.05) is 30.3 Å². The summed E-state index contributed by atoms with van der Waals surface area (Å²) in [5, 5.41) is 0.559. The Hall–Kier alpha value is -2.75. The van der Waals surface area contributed by atoms with E-state index in [9.17, 15) is 9.59 Å². The average molecular weight is 264 g/mol. The number of fused-ring (bicyclic) bond motifs is 1. The molecule has 1 heterocycles. The maximum atomic E-state index is 12.1. The molecule has 3 rings (SSSR count). The number of aldehydes is 1. The largest absolute Gasteiger partial charge is 0.306 e. The Kier molecular flexibility index (Phi) is 3.13. The molecule has 0 aliphatic heterocycles. The van der Waals surface area contributed by atoms with Crippen molar-refractivity contribution < 1.29 is 4.79 Å². The minimum absolute atomic E-state index is 0.175. The van der Waals surface area contributed by atoms with Crippen LogP contribution in [0.2, 0.25) is 0 Å². The molecule has 0 bridgehead atoms. The topological polar surface area (TPSA) is 62.8 Å². The van der Waals surface area contributed by atoms with E-state index in [0.717, 1.165) is 17.4 Å². The number of carbonyl (C=O) groups excluding carboxylic acids is 1. The van der Waals surface area contributed by atoms with E-state index in [4.69, 9.17) is 0 Å². The predicted octanol–water partition coefficient (Wildman–Crippen LogP) is 2.33. The van der Waals surface area contributed by atoms with Gasteiger partial charge < -0.3 is 9.78 Å². The molecule has 0 spiro atoms. The van der Waals surface area contributed by atoms with E-state index >= 15 is 0 Å². The average Bonchev–Trinajstić information content (AvgIpc) is 2.48. The first-order chi connectivity index (χ1) is 9.79. The van der Waals surface area contributed by atoms with Gasteiger partial charge in [-0.15, -0.1) is 0 Å². The first kappa shape index (κ1) is 12.3.